The van der Waals surface area contributed by atoms with Gasteiger partial charge >= 0.3 is 5.97 Å². The second kappa shape index (κ2) is 17.2. The first kappa shape index (κ1) is 43.9. The summed E-state index contributed by atoms with van der Waals surface area (Å²) in [5, 5.41) is 20.2. The largest absolute Gasteiger partial charge is 0.508 e. The summed E-state index contributed by atoms with van der Waals surface area (Å²) in [7, 11) is 3.34. The second-order valence-electron chi connectivity index (χ2n) is 19.3. The lowest BCUT2D eigenvalue weighted by Crippen LogP contribution is -2.62. The highest BCUT2D eigenvalue weighted by Crippen LogP contribution is 2.57. The van der Waals surface area contributed by atoms with Gasteiger partial charge in [-0.3, -0.25) is 29.2 Å². The third-order valence-electron chi connectivity index (χ3n) is 14.3. The van der Waals surface area contributed by atoms with Crippen LogP contribution in [-0.2, 0) is 46.4 Å². The minimum absolute atomic E-state index is 0.00745. The van der Waals surface area contributed by atoms with Crippen LogP contribution in [0.5, 0.6) is 5.75 Å². The van der Waals surface area contributed by atoms with Gasteiger partial charge in [0.1, 0.15) is 30.0 Å². The van der Waals surface area contributed by atoms with Crippen LogP contribution >= 0.6 is 0 Å². The van der Waals surface area contributed by atoms with Gasteiger partial charge in [0, 0.05) is 86.9 Å². The molecule has 15 nitrogen and oxygen atoms in total. The molecule has 0 radical (unpaired) electrons. The average molecular weight is 876 g/mol. The van der Waals surface area contributed by atoms with Crippen molar-refractivity contribution in [3.8, 4) is 28.1 Å². The Morgan fingerprint density at radius 2 is 1.92 bits per heavy atom. The van der Waals surface area contributed by atoms with Crippen molar-refractivity contribution < 1.29 is 38.5 Å². The van der Waals surface area contributed by atoms with E-state index in [0.29, 0.717) is 44.6 Å². The maximum absolute atomic E-state index is 14.8. The van der Waals surface area contributed by atoms with E-state index in [1.165, 1.54) is 9.91 Å². The van der Waals surface area contributed by atoms with Crippen molar-refractivity contribution in [3.63, 3.8) is 0 Å². The van der Waals surface area contributed by atoms with E-state index in [1.54, 1.807) is 32.5 Å². The monoisotopic (exact) mass is 875 g/mol. The summed E-state index contributed by atoms with van der Waals surface area (Å²) in [5.74, 6) is -2.62. The number of nitrogens with zero attached hydrogens (tertiary/aromatic N) is 4. The number of aromatic hydroxyl groups is 1. The Bertz CT molecular complexity index is 2480. The highest BCUT2D eigenvalue weighted by molar-refractivity contribution is 5.97. The molecule has 1 unspecified atom stereocenters. The maximum atomic E-state index is 14.8. The normalized spacial score (nSPS) is 26.8. The predicted molar refractivity (Wildman–Crippen MR) is 240 cm³/mol. The molecule has 9 rings (SSSR count). The number of ether oxygens (including phenoxy) is 3. The summed E-state index contributed by atoms with van der Waals surface area (Å²) in [6.07, 6.45) is 2.89. The molecule has 0 spiro atoms. The zero-order valence-electron chi connectivity index (χ0n) is 37.9. The Labute approximate surface area is 374 Å². The topological polar surface area (TPSA) is 177 Å². The number of carbonyl (C=O) groups is 4. The van der Waals surface area contributed by atoms with Gasteiger partial charge in [0.15, 0.2) is 0 Å². The van der Waals surface area contributed by atoms with Gasteiger partial charge in [-0.1, -0.05) is 39.8 Å². The fourth-order valence-electron chi connectivity index (χ4n) is 11.3. The van der Waals surface area contributed by atoms with E-state index < -0.39 is 53.3 Å². The lowest BCUT2D eigenvalue weighted by Gasteiger charge is -2.42. The number of phenolic OH excluding ortho intramolecular Hbond substituents is 1. The van der Waals surface area contributed by atoms with Crippen molar-refractivity contribution in [2.45, 2.75) is 109 Å². The number of hydrazine groups is 1. The van der Waals surface area contributed by atoms with E-state index in [4.69, 9.17) is 19.2 Å². The number of hydrogen-bond acceptors (Lipinski definition) is 11. The standard InChI is InChI=1S/C49H61N7O8/c1-8-55-37-14-13-28-23-32(37)38-39(44(62-7)40-31(42(38)55)11-9-16-50-40)49(4,5)25-64-48(61)35-12-10-17-56(53-35)47(60)36(21-27-19-29(28)22-30(57)20-27)52-45(58)41(26(2)3)54(6)46(59)33-24-51-34-15-18-63-43(33)34/h9,11,13-14,16,19-20,22-23,26,33-36,39,41,43-44,51,53,57H,8,10,12,15,17-18,21,24-25H2,1-7H3,(H,52,58)/t33-,34+,35+,36+,39?,41+,43+,44+/m1/s1. The molecule has 0 saturated carbocycles. The first-order chi connectivity index (χ1) is 30.7. The number of pyridine rings is 1. The fraction of sp³-hybridized carbons (Fsp3) is 0.531. The molecule has 6 heterocycles. The van der Waals surface area contributed by atoms with Crippen LogP contribution in [0.15, 0.2) is 54.7 Å². The van der Waals surface area contributed by atoms with Crippen LogP contribution in [0.2, 0.25) is 0 Å². The smallest absolute Gasteiger partial charge is 0.324 e. The summed E-state index contributed by atoms with van der Waals surface area (Å²) in [6, 6.07) is 12.8. The molecule has 4 N–H and O–H groups in total. The van der Waals surface area contributed by atoms with Gasteiger partial charge in [-0.2, -0.15) is 0 Å². The molecule has 6 bridgehead atoms. The Hall–Kier alpha value is -5.35. The number of fused-ring (bicyclic) bond motifs is 9. The number of likely N-dealkylation sites (N-methyl/N-ethyl adjacent to an activating group) is 1. The Morgan fingerprint density at radius 1 is 1.11 bits per heavy atom. The first-order valence-corrected chi connectivity index (χ1v) is 22.8. The van der Waals surface area contributed by atoms with E-state index >= 15 is 0 Å². The molecular weight excluding hydrogens is 815 g/mol. The quantitative estimate of drug-likeness (QED) is 0.187. The minimum Gasteiger partial charge on any atom is -0.508 e. The fourth-order valence-corrected chi connectivity index (χ4v) is 11.3. The summed E-state index contributed by atoms with van der Waals surface area (Å²) >= 11 is 0. The summed E-state index contributed by atoms with van der Waals surface area (Å²) < 4.78 is 20.8. The summed E-state index contributed by atoms with van der Waals surface area (Å²) in [6.45, 7) is 12.1. The number of nitrogens with one attached hydrogen (secondary N) is 3. The van der Waals surface area contributed by atoms with Crippen molar-refractivity contribution >= 4 is 34.6 Å². The molecule has 340 valence electrons. The highest BCUT2D eigenvalue weighted by Gasteiger charge is 2.49. The molecule has 3 fully saturated rings. The Kier molecular flexibility index (Phi) is 11.8. The van der Waals surface area contributed by atoms with Crippen LogP contribution in [0.25, 0.3) is 33.3 Å². The predicted octanol–water partition coefficient (Wildman–Crippen LogP) is 4.85. The lowest BCUT2D eigenvalue weighted by molar-refractivity contribution is -0.156. The number of cyclic esters (lactones) is 1. The average Bonchev–Trinajstić information content (AvgIpc) is 4.00. The molecule has 64 heavy (non-hydrogen) atoms. The number of phenols is 1. The highest BCUT2D eigenvalue weighted by atomic mass is 16.5. The number of benzene rings is 2. The Balaban J connectivity index is 1.13. The molecule has 4 aliphatic heterocycles. The Morgan fingerprint density at radius 3 is 2.69 bits per heavy atom. The summed E-state index contributed by atoms with van der Waals surface area (Å²) in [4.78, 5) is 63.8. The van der Waals surface area contributed by atoms with Crippen LogP contribution in [0.3, 0.4) is 0 Å². The van der Waals surface area contributed by atoms with Crippen LogP contribution < -0.4 is 16.1 Å². The van der Waals surface area contributed by atoms with Gasteiger partial charge < -0.3 is 39.4 Å². The molecule has 4 aromatic rings. The second-order valence-corrected chi connectivity index (χ2v) is 19.3. The molecular formula is C49H61N7O8. The van der Waals surface area contributed by atoms with Crippen molar-refractivity contribution in [2.75, 3.05) is 40.5 Å². The van der Waals surface area contributed by atoms with E-state index in [0.717, 1.165) is 51.0 Å². The van der Waals surface area contributed by atoms with Gasteiger partial charge in [-0.15, -0.1) is 0 Å². The van der Waals surface area contributed by atoms with E-state index in [-0.39, 0.29) is 48.7 Å². The van der Waals surface area contributed by atoms with Gasteiger partial charge in [0.2, 0.25) is 11.8 Å². The van der Waals surface area contributed by atoms with Gasteiger partial charge in [0.25, 0.3) is 5.91 Å². The molecule has 3 saturated heterocycles. The molecule has 5 aliphatic rings. The van der Waals surface area contributed by atoms with Crippen LogP contribution in [-0.4, -0.2) is 119 Å². The van der Waals surface area contributed by atoms with Crippen molar-refractivity contribution in [1.29, 1.82) is 0 Å². The van der Waals surface area contributed by atoms with E-state index in [1.807, 2.05) is 32.0 Å². The minimum atomic E-state index is -1.13. The molecule has 8 atom stereocenters. The molecule has 2 aromatic carbocycles. The van der Waals surface area contributed by atoms with Crippen molar-refractivity contribution in [1.82, 2.24) is 35.5 Å². The lowest BCUT2D eigenvalue weighted by atomic mass is 9.67. The van der Waals surface area contributed by atoms with Gasteiger partial charge in [-0.05, 0) is 90.8 Å². The molecule has 3 amide bonds. The van der Waals surface area contributed by atoms with Gasteiger partial charge in [0.05, 0.1) is 30.0 Å². The van der Waals surface area contributed by atoms with E-state index in [2.05, 4.69) is 59.6 Å². The number of carbonyl (C=O) groups excluding carboxylic acids is 4. The third-order valence-corrected chi connectivity index (χ3v) is 14.3. The van der Waals surface area contributed by atoms with Crippen molar-refractivity contribution in [2.24, 2.45) is 17.3 Å². The molecule has 2 aromatic heterocycles. The maximum Gasteiger partial charge on any atom is 0.324 e. The summed E-state index contributed by atoms with van der Waals surface area (Å²) in [5.41, 5.74) is 9.63. The zero-order valence-corrected chi connectivity index (χ0v) is 37.9. The van der Waals surface area contributed by atoms with E-state index in [9.17, 15) is 24.3 Å². The van der Waals surface area contributed by atoms with Crippen molar-refractivity contribution in [3.05, 3.63) is 71.5 Å². The number of aryl methyl sites for hydroxylation is 1. The number of methoxy groups -OCH3 is 1. The number of amides is 3. The molecule has 1 aliphatic carbocycles. The number of hydrogen-bond donors (Lipinski definition) is 4. The molecule has 15 heteroatoms. The number of esters is 1. The number of aromatic nitrogens is 2. The van der Waals surface area contributed by atoms with Gasteiger partial charge in [-0.25, -0.2) is 5.43 Å². The van der Waals surface area contributed by atoms with Crippen LogP contribution in [0, 0.1) is 17.3 Å². The van der Waals surface area contributed by atoms with Crippen LogP contribution in [0.4, 0.5) is 0 Å². The number of rotatable bonds is 7. The SMILES string of the molecule is CCn1c2c3c4cc(ccc41)-c1cc(O)cc(c1)C[C@H](NC(=O)[C@H](C(C)C)N(C)C(=O)[C@@H]1CN[C@H]4CCO[C@H]41)C(=O)N1CCC[C@H](N1)C(=O)OCC(C)(C)C3[C@H](OC)c1ncccc1-2. The zero-order chi connectivity index (χ0) is 45.2. The van der Waals surface area contributed by atoms with Crippen LogP contribution in [0.1, 0.15) is 82.7 Å². The first-order valence-electron chi connectivity index (χ1n) is 22.8. The third kappa shape index (κ3) is 7.63.